The van der Waals surface area contributed by atoms with Gasteiger partial charge in [0.2, 0.25) is 0 Å². The number of carboxylic acid groups (broad SMARTS) is 1. The molecule has 0 aromatic heterocycles. The second-order valence-electron chi connectivity index (χ2n) is 4.13. The highest BCUT2D eigenvalue weighted by molar-refractivity contribution is 5.67. The highest BCUT2D eigenvalue weighted by atomic mass is 16.5. The first kappa shape index (κ1) is 11.0. The standard InChI is InChI=1S/C13H16O3/c1-16-12-7-5-9-3-2-4-10(9)11(12)6-8-13(14)15/h5,7H,2-4,6,8H2,1H3,(H,14,15). The number of benzene rings is 1. The molecule has 1 aromatic carbocycles. The average molecular weight is 220 g/mol. The molecule has 0 unspecified atom stereocenters. The number of fused-ring (bicyclic) bond motifs is 1. The molecule has 0 spiro atoms. The Morgan fingerprint density at radius 3 is 2.94 bits per heavy atom. The molecule has 0 aliphatic heterocycles. The first-order valence-electron chi connectivity index (χ1n) is 5.62. The molecule has 86 valence electrons. The number of carbonyl (C=O) groups is 1. The third kappa shape index (κ3) is 2.03. The second-order valence-corrected chi connectivity index (χ2v) is 4.13. The topological polar surface area (TPSA) is 46.5 Å². The van der Waals surface area contributed by atoms with Crippen molar-refractivity contribution in [2.45, 2.75) is 32.1 Å². The van der Waals surface area contributed by atoms with E-state index in [0.717, 1.165) is 24.2 Å². The van der Waals surface area contributed by atoms with Gasteiger partial charge >= 0.3 is 5.97 Å². The van der Waals surface area contributed by atoms with Gasteiger partial charge in [0, 0.05) is 6.42 Å². The molecule has 1 aliphatic carbocycles. The zero-order valence-electron chi connectivity index (χ0n) is 9.45. The van der Waals surface area contributed by atoms with E-state index < -0.39 is 5.97 Å². The lowest BCUT2D eigenvalue weighted by Crippen LogP contribution is -2.03. The van der Waals surface area contributed by atoms with Crippen molar-refractivity contribution in [2.75, 3.05) is 7.11 Å². The zero-order valence-corrected chi connectivity index (χ0v) is 9.45. The van der Waals surface area contributed by atoms with Gasteiger partial charge in [0.25, 0.3) is 0 Å². The monoisotopic (exact) mass is 220 g/mol. The molecular formula is C13H16O3. The Hall–Kier alpha value is -1.51. The summed E-state index contributed by atoms with van der Waals surface area (Å²) in [5.74, 6) is 0.0829. The molecule has 0 atom stereocenters. The number of ether oxygens (including phenoxy) is 1. The predicted molar refractivity (Wildman–Crippen MR) is 61.0 cm³/mol. The lowest BCUT2D eigenvalue weighted by molar-refractivity contribution is -0.136. The molecule has 0 fully saturated rings. The van der Waals surface area contributed by atoms with Gasteiger partial charge in [-0.1, -0.05) is 6.07 Å². The Kier molecular flexibility index (Phi) is 3.13. The lowest BCUT2D eigenvalue weighted by Gasteiger charge is -2.12. The van der Waals surface area contributed by atoms with Crippen molar-refractivity contribution in [3.63, 3.8) is 0 Å². The quantitative estimate of drug-likeness (QED) is 0.846. The molecule has 3 heteroatoms. The summed E-state index contributed by atoms with van der Waals surface area (Å²) < 4.78 is 5.31. The minimum Gasteiger partial charge on any atom is -0.496 e. The van der Waals surface area contributed by atoms with Crippen LogP contribution in [0.1, 0.15) is 29.5 Å². The van der Waals surface area contributed by atoms with Crippen LogP contribution in [0.15, 0.2) is 12.1 Å². The number of rotatable bonds is 4. The SMILES string of the molecule is COc1ccc2c(c1CCC(=O)O)CCC2. The lowest BCUT2D eigenvalue weighted by atomic mass is 9.98. The molecule has 0 amide bonds. The van der Waals surface area contributed by atoms with Gasteiger partial charge in [-0.3, -0.25) is 4.79 Å². The molecule has 1 N–H and O–H groups in total. The van der Waals surface area contributed by atoms with Gasteiger partial charge < -0.3 is 9.84 Å². The van der Waals surface area contributed by atoms with E-state index in [-0.39, 0.29) is 6.42 Å². The van der Waals surface area contributed by atoms with Crippen molar-refractivity contribution in [1.29, 1.82) is 0 Å². The van der Waals surface area contributed by atoms with Crippen molar-refractivity contribution < 1.29 is 14.6 Å². The summed E-state index contributed by atoms with van der Waals surface area (Å²) >= 11 is 0. The van der Waals surface area contributed by atoms with Crippen LogP contribution in [0.4, 0.5) is 0 Å². The highest BCUT2D eigenvalue weighted by Gasteiger charge is 2.18. The summed E-state index contributed by atoms with van der Waals surface area (Å²) in [6.07, 6.45) is 4.08. The van der Waals surface area contributed by atoms with E-state index in [4.69, 9.17) is 9.84 Å². The fourth-order valence-corrected chi connectivity index (χ4v) is 2.42. The Balaban J connectivity index is 2.32. The summed E-state index contributed by atoms with van der Waals surface area (Å²) in [5, 5.41) is 8.75. The maximum absolute atomic E-state index is 10.6. The first-order valence-corrected chi connectivity index (χ1v) is 5.62. The Bertz CT molecular complexity index is 410. The van der Waals surface area contributed by atoms with Gasteiger partial charge in [0.15, 0.2) is 0 Å². The molecule has 0 saturated heterocycles. The molecule has 0 radical (unpaired) electrons. The number of methoxy groups -OCH3 is 1. The van der Waals surface area contributed by atoms with E-state index in [1.807, 2.05) is 6.07 Å². The third-order valence-electron chi connectivity index (χ3n) is 3.17. The minimum absolute atomic E-state index is 0.173. The number of hydrogen-bond acceptors (Lipinski definition) is 2. The predicted octanol–water partition coefficient (Wildman–Crippen LogP) is 2.20. The van der Waals surface area contributed by atoms with E-state index in [1.165, 1.54) is 17.5 Å². The van der Waals surface area contributed by atoms with Crippen molar-refractivity contribution in [2.24, 2.45) is 0 Å². The van der Waals surface area contributed by atoms with Crippen molar-refractivity contribution in [1.82, 2.24) is 0 Å². The van der Waals surface area contributed by atoms with E-state index in [9.17, 15) is 4.79 Å². The summed E-state index contributed by atoms with van der Waals surface area (Å²) in [5.41, 5.74) is 3.78. The van der Waals surface area contributed by atoms with Gasteiger partial charge in [-0.2, -0.15) is 0 Å². The van der Waals surface area contributed by atoms with Crippen LogP contribution in [0.5, 0.6) is 5.75 Å². The number of carboxylic acids is 1. The molecule has 0 heterocycles. The summed E-state index contributed by atoms with van der Waals surface area (Å²) in [6, 6.07) is 4.06. The van der Waals surface area contributed by atoms with Crippen LogP contribution in [-0.4, -0.2) is 18.2 Å². The Morgan fingerprint density at radius 2 is 2.25 bits per heavy atom. The maximum Gasteiger partial charge on any atom is 0.303 e. The minimum atomic E-state index is -0.752. The van der Waals surface area contributed by atoms with E-state index in [1.54, 1.807) is 7.11 Å². The van der Waals surface area contributed by atoms with Crippen LogP contribution >= 0.6 is 0 Å². The first-order chi connectivity index (χ1) is 7.72. The van der Waals surface area contributed by atoms with Crippen molar-refractivity contribution >= 4 is 5.97 Å². The zero-order chi connectivity index (χ0) is 11.5. The van der Waals surface area contributed by atoms with Crippen LogP contribution in [0.2, 0.25) is 0 Å². The number of aliphatic carboxylic acids is 1. The summed E-state index contributed by atoms with van der Waals surface area (Å²) in [4.78, 5) is 10.6. The van der Waals surface area contributed by atoms with E-state index in [0.29, 0.717) is 6.42 Å². The molecule has 3 nitrogen and oxygen atoms in total. The summed E-state index contributed by atoms with van der Waals surface area (Å²) in [7, 11) is 1.64. The van der Waals surface area contributed by atoms with Crippen LogP contribution < -0.4 is 4.74 Å². The van der Waals surface area contributed by atoms with Gasteiger partial charge in [-0.15, -0.1) is 0 Å². The van der Waals surface area contributed by atoms with Crippen LogP contribution in [-0.2, 0) is 24.1 Å². The Morgan fingerprint density at radius 1 is 1.44 bits per heavy atom. The van der Waals surface area contributed by atoms with Gasteiger partial charge in [-0.05, 0) is 48.4 Å². The Labute approximate surface area is 95.0 Å². The molecule has 0 saturated carbocycles. The molecule has 1 aliphatic rings. The van der Waals surface area contributed by atoms with Gasteiger partial charge in [0.1, 0.15) is 5.75 Å². The smallest absolute Gasteiger partial charge is 0.303 e. The van der Waals surface area contributed by atoms with Crippen LogP contribution in [0.3, 0.4) is 0 Å². The number of aryl methyl sites for hydroxylation is 1. The fourth-order valence-electron chi connectivity index (χ4n) is 2.42. The summed E-state index contributed by atoms with van der Waals surface area (Å²) in [6.45, 7) is 0. The van der Waals surface area contributed by atoms with Crippen molar-refractivity contribution in [3.8, 4) is 5.75 Å². The largest absolute Gasteiger partial charge is 0.496 e. The second kappa shape index (κ2) is 4.56. The van der Waals surface area contributed by atoms with Crippen molar-refractivity contribution in [3.05, 3.63) is 28.8 Å². The van der Waals surface area contributed by atoms with Gasteiger partial charge in [-0.25, -0.2) is 0 Å². The molecule has 2 rings (SSSR count). The normalized spacial score (nSPS) is 13.6. The number of hydrogen-bond donors (Lipinski definition) is 1. The molecular weight excluding hydrogens is 204 g/mol. The maximum atomic E-state index is 10.6. The highest BCUT2D eigenvalue weighted by Crippen LogP contribution is 2.32. The van der Waals surface area contributed by atoms with E-state index >= 15 is 0 Å². The van der Waals surface area contributed by atoms with Crippen LogP contribution in [0.25, 0.3) is 0 Å². The van der Waals surface area contributed by atoms with Crippen LogP contribution in [0, 0.1) is 0 Å². The molecule has 16 heavy (non-hydrogen) atoms. The fraction of sp³-hybridized carbons (Fsp3) is 0.462. The average Bonchev–Trinajstić information content (AvgIpc) is 2.73. The molecule has 0 bridgehead atoms. The molecule has 1 aromatic rings. The third-order valence-corrected chi connectivity index (χ3v) is 3.17. The van der Waals surface area contributed by atoms with Gasteiger partial charge in [0.05, 0.1) is 7.11 Å². The van der Waals surface area contributed by atoms with E-state index in [2.05, 4.69) is 6.07 Å².